The van der Waals surface area contributed by atoms with Gasteiger partial charge in [0.05, 0.1) is 6.61 Å². The lowest BCUT2D eigenvalue weighted by Gasteiger charge is -2.12. The van der Waals surface area contributed by atoms with Crippen molar-refractivity contribution in [2.24, 2.45) is 5.92 Å². The second-order valence-electron chi connectivity index (χ2n) is 5.00. The SMILES string of the molecule is c1cc2c(cc1OCC1CCCC1)CNC2. The van der Waals surface area contributed by atoms with Crippen molar-refractivity contribution in [1.82, 2.24) is 5.32 Å². The summed E-state index contributed by atoms with van der Waals surface area (Å²) in [5.74, 6) is 1.85. The fraction of sp³-hybridized carbons (Fsp3) is 0.571. The Morgan fingerprint density at radius 2 is 1.94 bits per heavy atom. The van der Waals surface area contributed by atoms with Crippen LogP contribution in [0.25, 0.3) is 0 Å². The first kappa shape index (κ1) is 10.2. The summed E-state index contributed by atoms with van der Waals surface area (Å²) in [6, 6.07) is 6.50. The van der Waals surface area contributed by atoms with Crippen molar-refractivity contribution in [1.29, 1.82) is 0 Å². The first-order valence-electron chi connectivity index (χ1n) is 6.37. The molecule has 2 aliphatic rings. The Bertz CT molecular complexity index is 369. The van der Waals surface area contributed by atoms with Crippen LogP contribution < -0.4 is 10.1 Å². The van der Waals surface area contributed by atoms with E-state index in [0.717, 1.165) is 31.4 Å². The maximum atomic E-state index is 5.89. The zero-order valence-electron chi connectivity index (χ0n) is 9.67. The minimum Gasteiger partial charge on any atom is -0.493 e. The van der Waals surface area contributed by atoms with Gasteiger partial charge >= 0.3 is 0 Å². The highest BCUT2D eigenvalue weighted by atomic mass is 16.5. The Labute approximate surface area is 97.0 Å². The summed E-state index contributed by atoms with van der Waals surface area (Å²) in [4.78, 5) is 0. The Balaban J connectivity index is 1.61. The number of rotatable bonds is 3. The van der Waals surface area contributed by atoms with Crippen LogP contribution in [-0.4, -0.2) is 6.61 Å². The average Bonchev–Trinajstić information content (AvgIpc) is 2.97. The molecule has 0 saturated heterocycles. The van der Waals surface area contributed by atoms with Crippen LogP contribution in [0.2, 0.25) is 0 Å². The monoisotopic (exact) mass is 217 g/mol. The molecular formula is C14H19NO. The summed E-state index contributed by atoms with van der Waals surface area (Å²) in [5, 5.41) is 3.36. The highest BCUT2D eigenvalue weighted by Crippen LogP contribution is 2.27. The van der Waals surface area contributed by atoms with Crippen LogP contribution in [0.4, 0.5) is 0 Å². The van der Waals surface area contributed by atoms with E-state index in [2.05, 4.69) is 23.5 Å². The number of hydrogen-bond acceptors (Lipinski definition) is 2. The Morgan fingerprint density at radius 1 is 1.12 bits per heavy atom. The summed E-state index contributed by atoms with van der Waals surface area (Å²) >= 11 is 0. The molecule has 1 aromatic carbocycles. The molecule has 1 saturated carbocycles. The van der Waals surface area contributed by atoms with E-state index in [9.17, 15) is 0 Å². The van der Waals surface area contributed by atoms with Crippen LogP contribution in [-0.2, 0) is 13.1 Å². The number of benzene rings is 1. The van der Waals surface area contributed by atoms with Gasteiger partial charge in [0.15, 0.2) is 0 Å². The van der Waals surface area contributed by atoms with Crippen molar-refractivity contribution < 1.29 is 4.74 Å². The first-order valence-corrected chi connectivity index (χ1v) is 6.37. The molecule has 0 aromatic heterocycles. The largest absolute Gasteiger partial charge is 0.493 e. The van der Waals surface area contributed by atoms with Crippen molar-refractivity contribution in [3.05, 3.63) is 29.3 Å². The van der Waals surface area contributed by atoms with Crippen LogP contribution in [0, 0.1) is 5.92 Å². The van der Waals surface area contributed by atoms with E-state index in [-0.39, 0.29) is 0 Å². The molecule has 2 heteroatoms. The van der Waals surface area contributed by atoms with Crippen LogP contribution in [0.15, 0.2) is 18.2 Å². The van der Waals surface area contributed by atoms with Gasteiger partial charge in [0.25, 0.3) is 0 Å². The van der Waals surface area contributed by atoms with Crippen molar-refractivity contribution in [2.45, 2.75) is 38.8 Å². The minimum absolute atomic E-state index is 0.798. The molecule has 16 heavy (non-hydrogen) atoms. The molecule has 1 N–H and O–H groups in total. The van der Waals surface area contributed by atoms with Gasteiger partial charge < -0.3 is 10.1 Å². The highest BCUT2D eigenvalue weighted by molar-refractivity contribution is 5.37. The quantitative estimate of drug-likeness (QED) is 0.840. The van der Waals surface area contributed by atoms with Crippen molar-refractivity contribution in [3.63, 3.8) is 0 Å². The molecule has 1 fully saturated rings. The Morgan fingerprint density at radius 3 is 2.81 bits per heavy atom. The molecule has 0 bridgehead atoms. The van der Waals surface area contributed by atoms with Gasteiger partial charge in [-0.3, -0.25) is 0 Å². The van der Waals surface area contributed by atoms with E-state index in [0.29, 0.717) is 0 Å². The third-order valence-electron chi connectivity index (χ3n) is 3.77. The van der Waals surface area contributed by atoms with Gasteiger partial charge in [0.2, 0.25) is 0 Å². The summed E-state index contributed by atoms with van der Waals surface area (Å²) in [7, 11) is 0. The zero-order valence-corrected chi connectivity index (χ0v) is 9.67. The molecule has 1 heterocycles. The van der Waals surface area contributed by atoms with Gasteiger partial charge in [-0.15, -0.1) is 0 Å². The normalized spacial score (nSPS) is 20.0. The smallest absolute Gasteiger partial charge is 0.119 e. The number of hydrogen-bond donors (Lipinski definition) is 1. The maximum absolute atomic E-state index is 5.89. The predicted octanol–water partition coefficient (Wildman–Crippen LogP) is 2.86. The molecule has 1 aromatic rings. The predicted molar refractivity (Wildman–Crippen MR) is 64.4 cm³/mol. The molecule has 3 rings (SSSR count). The zero-order chi connectivity index (χ0) is 10.8. The van der Waals surface area contributed by atoms with Gasteiger partial charge in [-0.1, -0.05) is 18.9 Å². The molecule has 0 unspecified atom stereocenters. The van der Waals surface area contributed by atoms with Crippen molar-refractivity contribution >= 4 is 0 Å². The molecule has 1 aliphatic carbocycles. The Hall–Kier alpha value is -1.02. The number of fused-ring (bicyclic) bond motifs is 1. The van der Waals surface area contributed by atoms with Gasteiger partial charge in [-0.05, 0) is 42.0 Å². The lowest BCUT2D eigenvalue weighted by Crippen LogP contribution is -2.08. The van der Waals surface area contributed by atoms with Crippen molar-refractivity contribution in [3.8, 4) is 5.75 Å². The topological polar surface area (TPSA) is 21.3 Å². The van der Waals surface area contributed by atoms with Crippen LogP contribution in [0.1, 0.15) is 36.8 Å². The minimum atomic E-state index is 0.798. The molecule has 86 valence electrons. The average molecular weight is 217 g/mol. The third kappa shape index (κ3) is 2.07. The molecule has 0 amide bonds. The molecule has 0 atom stereocenters. The second-order valence-corrected chi connectivity index (χ2v) is 5.00. The van der Waals surface area contributed by atoms with Gasteiger partial charge in [0, 0.05) is 13.1 Å². The van der Waals surface area contributed by atoms with Gasteiger partial charge in [-0.2, -0.15) is 0 Å². The number of ether oxygens (including phenoxy) is 1. The fourth-order valence-corrected chi connectivity index (χ4v) is 2.75. The summed E-state index contributed by atoms with van der Waals surface area (Å²) in [6.07, 6.45) is 5.49. The van der Waals surface area contributed by atoms with Crippen molar-refractivity contribution in [2.75, 3.05) is 6.61 Å². The molecule has 2 nitrogen and oxygen atoms in total. The van der Waals surface area contributed by atoms with E-state index < -0.39 is 0 Å². The molecular weight excluding hydrogens is 198 g/mol. The lowest BCUT2D eigenvalue weighted by molar-refractivity contribution is 0.252. The third-order valence-corrected chi connectivity index (χ3v) is 3.77. The lowest BCUT2D eigenvalue weighted by atomic mass is 10.1. The van der Waals surface area contributed by atoms with Crippen LogP contribution >= 0.6 is 0 Å². The number of nitrogens with one attached hydrogen (secondary N) is 1. The molecule has 0 spiro atoms. The second kappa shape index (κ2) is 4.46. The maximum Gasteiger partial charge on any atom is 0.119 e. The van der Waals surface area contributed by atoms with Crippen LogP contribution in [0.5, 0.6) is 5.75 Å². The van der Waals surface area contributed by atoms with E-state index >= 15 is 0 Å². The summed E-state index contributed by atoms with van der Waals surface area (Å²) < 4.78 is 5.89. The molecule has 0 radical (unpaired) electrons. The van der Waals surface area contributed by atoms with Crippen LogP contribution in [0.3, 0.4) is 0 Å². The van der Waals surface area contributed by atoms with E-state index in [1.54, 1.807) is 0 Å². The first-order chi connectivity index (χ1) is 7.92. The standard InChI is InChI=1S/C14H19NO/c1-2-4-11(3-1)10-16-14-6-5-12-8-15-9-13(12)7-14/h5-7,11,15H,1-4,8-10H2. The fourth-order valence-electron chi connectivity index (χ4n) is 2.75. The molecule has 1 aliphatic heterocycles. The summed E-state index contributed by atoms with van der Waals surface area (Å²) in [5.41, 5.74) is 2.83. The van der Waals surface area contributed by atoms with E-state index in [1.807, 2.05) is 0 Å². The Kier molecular flexibility index (Phi) is 2.83. The summed E-state index contributed by atoms with van der Waals surface area (Å²) in [6.45, 7) is 2.92. The van der Waals surface area contributed by atoms with E-state index in [4.69, 9.17) is 4.74 Å². The van der Waals surface area contributed by atoms with Gasteiger partial charge in [-0.25, -0.2) is 0 Å². The van der Waals surface area contributed by atoms with Gasteiger partial charge in [0.1, 0.15) is 5.75 Å². The van der Waals surface area contributed by atoms with E-state index in [1.165, 1.54) is 36.8 Å². The highest BCUT2D eigenvalue weighted by Gasteiger charge is 2.16.